The topological polar surface area (TPSA) is 41.6 Å². The highest BCUT2D eigenvalue weighted by Crippen LogP contribution is 2.23. The van der Waals surface area contributed by atoms with Crippen molar-refractivity contribution in [2.45, 2.75) is 25.3 Å². The lowest BCUT2D eigenvalue weighted by atomic mass is 9.89. The Bertz CT molecular complexity index is 408. The molecule has 0 aliphatic heterocycles. The molecule has 4 nitrogen and oxygen atoms in total. The molecule has 1 N–H and O–H groups in total. The molecule has 112 valence electrons. The Kier molecular flexibility index (Phi) is 6.68. The minimum Gasteiger partial charge on any atom is -0.467 e. The number of likely N-dealkylation sites (N-methyl/N-ethyl adjacent to an activating group) is 2. The average molecular weight is 278 g/mol. The van der Waals surface area contributed by atoms with E-state index in [1.807, 2.05) is 37.4 Å². The van der Waals surface area contributed by atoms with Gasteiger partial charge in [-0.25, -0.2) is 4.79 Å². The lowest BCUT2D eigenvalue weighted by Gasteiger charge is -2.35. The van der Waals surface area contributed by atoms with Crippen molar-refractivity contribution >= 4 is 5.97 Å². The van der Waals surface area contributed by atoms with Crippen molar-refractivity contribution in [3.8, 4) is 0 Å². The van der Waals surface area contributed by atoms with Gasteiger partial charge in [-0.1, -0.05) is 43.7 Å². The fraction of sp³-hybridized carbons (Fsp3) is 0.562. The summed E-state index contributed by atoms with van der Waals surface area (Å²) in [5.41, 5.74) is 0.107. The third-order valence-electron chi connectivity index (χ3n) is 3.63. The molecule has 0 aliphatic carbocycles. The minimum absolute atomic E-state index is 0.255. The van der Waals surface area contributed by atoms with E-state index in [2.05, 4.69) is 17.1 Å². The van der Waals surface area contributed by atoms with Crippen molar-refractivity contribution in [2.24, 2.45) is 0 Å². The van der Waals surface area contributed by atoms with E-state index in [1.165, 1.54) is 7.11 Å². The summed E-state index contributed by atoms with van der Waals surface area (Å²) in [5, 5.41) is 3.17. The summed E-state index contributed by atoms with van der Waals surface area (Å²) in [6.07, 6.45) is 2.26. The average Bonchev–Trinajstić information content (AvgIpc) is 2.50. The highest BCUT2D eigenvalue weighted by Gasteiger charge is 2.40. The van der Waals surface area contributed by atoms with Gasteiger partial charge in [0.1, 0.15) is 0 Å². The highest BCUT2D eigenvalue weighted by molar-refractivity contribution is 5.83. The Hall–Kier alpha value is -1.39. The standard InChI is InChI=1S/C16H26N2O2/c1-5-6-12-18(3)13-16(17-2,15(19)20-4)14-10-8-7-9-11-14/h7-11,17H,5-6,12-13H2,1-4H3. The first-order valence-corrected chi connectivity index (χ1v) is 7.12. The van der Waals surface area contributed by atoms with Crippen molar-refractivity contribution in [1.29, 1.82) is 0 Å². The predicted octanol–water partition coefficient (Wildman–Crippen LogP) is 2.01. The van der Waals surface area contributed by atoms with Crippen LogP contribution in [0.1, 0.15) is 25.3 Å². The quantitative estimate of drug-likeness (QED) is 0.739. The fourth-order valence-electron chi connectivity index (χ4n) is 2.41. The third-order valence-corrected chi connectivity index (χ3v) is 3.63. The van der Waals surface area contributed by atoms with Crippen molar-refractivity contribution in [1.82, 2.24) is 10.2 Å². The van der Waals surface area contributed by atoms with Gasteiger partial charge < -0.3 is 15.0 Å². The molecule has 4 heteroatoms. The first kappa shape index (κ1) is 16.7. The molecule has 0 saturated carbocycles. The number of nitrogens with zero attached hydrogens (tertiary/aromatic N) is 1. The first-order chi connectivity index (χ1) is 9.60. The molecule has 0 heterocycles. The van der Waals surface area contributed by atoms with Gasteiger partial charge in [0.05, 0.1) is 7.11 Å². The molecule has 1 unspecified atom stereocenters. The number of nitrogens with one attached hydrogen (secondary N) is 1. The largest absolute Gasteiger partial charge is 0.467 e. The molecular formula is C16H26N2O2. The summed E-state index contributed by atoms with van der Waals surface area (Å²) in [6.45, 7) is 3.71. The van der Waals surface area contributed by atoms with Crippen molar-refractivity contribution in [3.63, 3.8) is 0 Å². The molecule has 0 bridgehead atoms. The van der Waals surface area contributed by atoms with E-state index >= 15 is 0 Å². The van der Waals surface area contributed by atoms with E-state index in [0.717, 1.165) is 24.9 Å². The van der Waals surface area contributed by atoms with Gasteiger partial charge in [0, 0.05) is 6.54 Å². The Balaban J connectivity index is 3.04. The lowest BCUT2D eigenvalue weighted by Crippen LogP contribution is -2.55. The number of methoxy groups -OCH3 is 1. The second-order valence-electron chi connectivity index (χ2n) is 5.10. The van der Waals surface area contributed by atoms with Crippen LogP contribution in [-0.4, -0.2) is 45.2 Å². The molecule has 20 heavy (non-hydrogen) atoms. The number of esters is 1. The maximum absolute atomic E-state index is 12.4. The predicted molar refractivity (Wildman–Crippen MR) is 81.6 cm³/mol. The van der Waals surface area contributed by atoms with Gasteiger partial charge in [-0.3, -0.25) is 0 Å². The summed E-state index contributed by atoms with van der Waals surface area (Å²) in [6, 6.07) is 9.75. The Morgan fingerprint density at radius 3 is 2.50 bits per heavy atom. The normalized spacial score (nSPS) is 14.1. The van der Waals surface area contributed by atoms with Gasteiger partial charge in [0.25, 0.3) is 0 Å². The number of hydrogen-bond donors (Lipinski definition) is 1. The molecule has 0 fully saturated rings. The lowest BCUT2D eigenvalue weighted by molar-refractivity contribution is -0.149. The zero-order valence-corrected chi connectivity index (χ0v) is 13.0. The van der Waals surface area contributed by atoms with Crippen LogP contribution < -0.4 is 5.32 Å². The first-order valence-electron chi connectivity index (χ1n) is 7.12. The smallest absolute Gasteiger partial charge is 0.332 e. The SMILES string of the molecule is CCCCN(C)CC(NC)(C(=O)OC)c1ccccc1. The molecule has 0 saturated heterocycles. The summed E-state index contributed by atoms with van der Waals surface area (Å²) >= 11 is 0. The maximum Gasteiger partial charge on any atom is 0.332 e. The third kappa shape index (κ3) is 3.81. The van der Waals surface area contributed by atoms with Crippen LogP contribution in [0.15, 0.2) is 30.3 Å². The van der Waals surface area contributed by atoms with Crippen LogP contribution in [0.25, 0.3) is 0 Å². The summed E-state index contributed by atoms with van der Waals surface area (Å²) in [5.74, 6) is -0.255. The van der Waals surface area contributed by atoms with Crippen molar-refractivity contribution < 1.29 is 9.53 Å². The summed E-state index contributed by atoms with van der Waals surface area (Å²) < 4.78 is 5.04. The molecule has 0 aliphatic rings. The molecule has 0 spiro atoms. The summed E-state index contributed by atoms with van der Waals surface area (Å²) in [7, 11) is 5.27. The van der Waals surface area contributed by atoms with Crippen molar-refractivity contribution in [3.05, 3.63) is 35.9 Å². The van der Waals surface area contributed by atoms with Gasteiger partial charge in [-0.15, -0.1) is 0 Å². The monoisotopic (exact) mass is 278 g/mol. The van der Waals surface area contributed by atoms with Crippen LogP contribution in [0, 0.1) is 0 Å². The van der Waals surface area contributed by atoms with Gasteiger partial charge >= 0.3 is 5.97 Å². The maximum atomic E-state index is 12.4. The second-order valence-corrected chi connectivity index (χ2v) is 5.10. The minimum atomic E-state index is -0.821. The van der Waals surface area contributed by atoms with Crippen LogP contribution in [0.3, 0.4) is 0 Å². The van der Waals surface area contributed by atoms with Gasteiger partial charge in [-0.05, 0) is 32.6 Å². The van der Waals surface area contributed by atoms with Crippen LogP contribution in [0.2, 0.25) is 0 Å². The van der Waals surface area contributed by atoms with E-state index in [1.54, 1.807) is 7.05 Å². The van der Waals surface area contributed by atoms with Crippen LogP contribution in [0.5, 0.6) is 0 Å². The molecule has 1 atom stereocenters. The molecule has 1 aromatic rings. The molecule has 0 radical (unpaired) electrons. The molecular weight excluding hydrogens is 252 g/mol. The Morgan fingerprint density at radius 2 is 2.00 bits per heavy atom. The number of rotatable bonds is 8. The zero-order chi connectivity index (χ0) is 15.0. The van der Waals surface area contributed by atoms with Crippen LogP contribution >= 0.6 is 0 Å². The highest BCUT2D eigenvalue weighted by atomic mass is 16.5. The number of benzene rings is 1. The molecule has 1 aromatic carbocycles. The molecule has 0 amide bonds. The molecule has 1 rings (SSSR count). The fourth-order valence-corrected chi connectivity index (χ4v) is 2.41. The van der Waals surface area contributed by atoms with Gasteiger partial charge in [-0.2, -0.15) is 0 Å². The van der Waals surface area contributed by atoms with E-state index < -0.39 is 5.54 Å². The Labute approximate surface area is 122 Å². The van der Waals surface area contributed by atoms with Gasteiger partial charge in [0.2, 0.25) is 0 Å². The second kappa shape index (κ2) is 8.02. The number of hydrogen-bond acceptors (Lipinski definition) is 4. The number of carbonyl (C=O) groups excluding carboxylic acids is 1. The van der Waals surface area contributed by atoms with E-state index in [4.69, 9.17) is 4.74 Å². The van der Waals surface area contributed by atoms with Crippen molar-refractivity contribution in [2.75, 3.05) is 34.3 Å². The van der Waals surface area contributed by atoms with Crippen LogP contribution in [0.4, 0.5) is 0 Å². The van der Waals surface area contributed by atoms with Crippen LogP contribution in [-0.2, 0) is 15.1 Å². The zero-order valence-electron chi connectivity index (χ0n) is 13.0. The van der Waals surface area contributed by atoms with E-state index in [-0.39, 0.29) is 5.97 Å². The van der Waals surface area contributed by atoms with Gasteiger partial charge in [0.15, 0.2) is 5.54 Å². The number of carbonyl (C=O) groups is 1. The van der Waals surface area contributed by atoms with E-state index in [0.29, 0.717) is 6.54 Å². The molecule has 0 aromatic heterocycles. The number of ether oxygens (including phenoxy) is 1. The Morgan fingerprint density at radius 1 is 1.35 bits per heavy atom. The number of unbranched alkanes of at least 4 members (excludes halogenated alkanes) is 1. The summed E-state index contributed by atoms with van der Waals surface area (Å²) in [4.78, 5) is 14.5. The van der Waals surface area contributed by atoms with E-state index in [9.17, 15) is 4.79 Å².